The van der Waals surface area contributed by atoms with Crippen LogP contribution in [0.3, 0.4) is 0 Å². The lowest BCUT2D eigenvalue weighted by Gasteiger charge is -2.48. The van der Waals surface area contributed by atoms with E-state index in [0.29, 0.717) is 39.2 Å². The van der Waals surface area contributed by atoms with E-state index in [9.17, 15) is 13.6 Å². The first-order valence-electron chi connectivity index (χ1n) is 11.1. The summed E-state index contributed by atoms with van der Waals surface area (Å²) in [7, 11) is 0. The number of hydrogen-bond donors (Lipinski definition) is 2. The number of ether oxygens (including phenoxy) is 2. The molecule has 3 atom stereocenters. The second-order valence-electron chi connectivity index (χ2n) is 8.84. The fourth-order valence-electron chi connectivity index (χ4n) is 4.81. The minimum atomic E-state index is -2.61. The van der Waals surface area contributed by atoms with Crippen LogP contribution in [0.1, 0.15) is 11.1 Å². The first-order chi connectivity index (χ1) is 15.5. The summed E-state index contributed by atoms with van der Waals surface area (Å²) < 4.78 is 40.1. The average molecular weight is 443 g/mol. The molecular formula is C24H27F2N3O3. The number of hydrogen-bond acceptors (Lipinski definition) is 5. The largest absolute Gasteiger partial charge is 0.491 e. The molecule has 5 rings (SSSR count). The summed E-state index contributed by atoms with van der Waals surface area (Å²) in [5.74, 6) is -3.22. The summed E-state index contributed by atoms with van der Waals surface area (Å²) in [5, 5.41) is 5.98. The van der Waals surface area contributed by atoms with Gasteiger partial charge in [-0.1, -0.05) is 36.4 Å². The van der Waals surface area contributed by atoms with Gasteiger partial charge in [0.1, 0.15) is 19.0 Å². The van der Waals surface area contributed by atoms with Gasteiger partial charge in [-0.15, -0.1) is 0 Å². The Morgan fingerprint density at radius 3 is 2.66 bits per heavy atom. The van der Waals surface area contributed by atoms with Gasteiger partial charge in [0.25, 0.3) is 5.92 Å². The Bertz CT molecular complexity index is 956. The molecular weight excluding hydrogens is 416 g/mol. The smallest absolute Gasteiger partial charge is 0.407 e. The second-order valence-corrected chi connectivity index (χ2v) is 8.84. The summed E-state index contributed by atoms with van der Waals surface area (Å²) >= 11 is 0. The highest BCUT2D eigenvalue weighted by Gasteiger charge is 2.53. The van der Waals surface area contributed by atoms with E-state index in [1.807, 2.05) is 53.4 Å². The van der Waals surface area contributed by atoms with Crippen molar-refractivity contribution < 1.29 is 23.0 Å². The minimum Gasteiger partial charge on any atom is -0.491 e. The van der Waals surface area contributed by atoms with Crippen LogP contribution in [0.15, 0.2) is 48.5 Å². The van der Waals surface area contributed by atoms with Gasteiger partial charge in [-0.2, -0.15) is 0 Å². The van der Waals surface area contributed by atoms with Crippen LogP contribution in [0.25, 0.3) is 0 Å². The number of carbonyl (C=O) groups excluding carboxylic acids is 1. The molecule has 2 unspecified atom stereocenters. The maximum Gasteiger partial charge on any atom is 0.407 e. The van der Waals surface area contributed by atoms with Crippen LogP contribution in [-0.2, 0) is 17.8 Å². The van der Waals surface area contributed by atoms with E-state index in [4.69, 9.17) is 9.47 Å². The molecule has 0 radical (unpaired) electrons. The van der Waals surface area contributed by atoms with E-state index in [0.717, 1.165) is 22.6 Å². The minimum absolute atomic E-state index is 0.185. The second kappa shape index (κ2) is 8.58. The van der Waals surface area contributed by atoms with Crippen molar-refractivity contribution in [2.45, 2.75) is 25.0 Å². The summed E-state index contributed by atoms with van der Waals surface area (Å²) in [6.07, 6.45) is 0.153. The predicted octanol–water partition coefficient (Wildman–Crippen LogP) is 3.21. The molecule has 8 heteroatoms. The Kier molecular flexibility index (Phi) is 5.63. The van der Waals surface area contributed by atoms with Crippen LogP contribution < -0.4 is 20.3 Å². The van der Waals surface area contributed by atoms with Gasteiger partial charge in [-0.05, 0) is 23.6 Å². The third kappa shape index (κ3) is 4.24. The van der Waals surface area contributed by atoms with E-state index in [1.165, 1.54) is 0 Å². The quantitative estimate of drug-likeness (QED) is 0.760. The van der Waals surface area contributed by atoms with Crippen LogP contribution in [0.2, 0.25) is 0 Å². The first-order valence-corrected chi connectivity index (χ1v) is 11.1. The third-order valence-electron chi connectivity index (χ3n) is 6.61. The molecule has 0 aromatic heterocycles. The Balaban J connectivity index is 1.18. The number of halogens is 2. The lowest BCUT2D eigenvalue weighted by Crippen LogP contribution is -2.62. The molecule has 170 valence electrons. The Morgan fingerprint density at radius 2 is 1.91 bits per heavy atom. The van der Waals surface area contributed by atoms with Crippen molar-refractivity contribution >= 4 is 11.8 Å². The van der Waals surface area contributed by atoms with Crippen molar-refractivity contribution in [3.8, 4) is 5.75 Å². The molecule has 2 aromatic rings. The number of rotatable bonds is 4. The van der Waals surface area contributed by atoms with Crippen molar-refractivity contribution in [2.24, 2.45) is 11.8 Å². The van der Waals surface area contributed by atoms with E-state index in [2.05, 4.69) is 10.6 Å². The van der Waals surface area contributed by atoms with Crippen LogP contribution in [-0.4, -0.2) is 50.8 Å². The van der Waals surface area contributed by atoms with Crippen LogP contribution in [0.4, 0.5) is 19.3 Å². The van der Waals surface area contributed by atoms with Crippen molar-refractivity contribution in [1.82, 2.24) is 10.6 Å². The van der Waals surface area contributed by atoms with Gasteiger partial charge in [0, 0.05) is 37.9 Å². The number of fused-ring (bicyclic) bond motifs is 3. The molecule has 6 nitrogen and oxygen atoms in total. The van der Waals surface area contributed by atoms with Gasteiger partial charge >= 0.3 is 6.09 Å². The molecule has 2 N–H and O–H groups in total. The van der Waals surface area contributed by atoms with Gasteiger partial charge in [-0.25, -0.2) is 13.6 Å². The maximum absolute atomic E-state index is 14.4. The summed E-state index contributed by atoms with van der Waals surface area (Å²) in [6, 6.07) is 15.2. The van der Waals surface area contributed by atoms with Crippen LogP contribution in [0, 0.1) is 11.8 Å². The summed E-state index contributed by atoms with van der Waals surface area (Å²) in [4.78, 5) is 14.2. The zero-order valence-electron chi connectivity index (χ0n) is 17.7. The first kappa shape index (κ1) is 21.0. The number of nitrogens with one attached hydrogen (secondary N) is 2. The van der Waals surface area contributed by atoms with Gasteiger partial charge < -0.3 is 25.0 Å². The zero-order valence-corrected chi connectivity index (χ0v) is 17.7. The lowest BCUT2D eigenvalue weighted by molar-refractivity contribution is -0.130. The number of piperidine rings is 2. The predicted molar refractivity (Wildman–Crippen MR) is 116 cm³/mol. The molecule has 3 heterocycles. The SMILES string of the molecule is O=C(N[C@H]1COc2cc(N3CC4CNCC(C3)C4(F)F)ccc2C1)OCc1ccccc1. The molecule has 0 spiro atoms. The van der Waals surface area contributed by atoms with Gasteiger partial charge in [0.2, 0.25) is 0 Å². The molecule has 32 heavy (non-hydrogen) atoms. The Labute approximate surface area is 185 Å². The van der Waals surface area contributed by atoms with Crippen molar-refractivity contribution in [3.63, 3.8) is 0 Å². The average Bonchev–Trinajstić information content (AvgIpc) is 2.77. The molecule has 2 bridgehead atoms. The highest BCUT2D eigenvalue weighted by atomic mass is 19.3. The van der Waals surface area contributed by atoms with Crippen molar-refractivity contribution in [1.29, 1.82) is 0 Å². The van der Waals surface area contributed by atoms with E-state index in [1.54, 1.807) is 0 Å². The summed E-state index contributed by atoms with van der Waals surface area (Å²) in [5.41, 5.74) is 2.82. The van der Waals surface area contributed by atoms with E-state index >= 15 is 0 Å². The third-order valence-corrected chi connectivity index (χ3v) is 6.61. The molecule has 2 fully saturated rings. The number of benzene rings is 2. The molecule has 2 aromatic carbocycles. The number of anilines is 1. The summed E-state index contributed by atoms with van der Waals surface area (Å²) in [6.45, 7) is 1.89. The Morgan fingerprint density at radius 1 is 1.16 bits per heavy atom. The van der Waals surface area contributed by atoms with Crippen LogP contribution in [0.5, 0.6) is 5.75 Å². The van der Waals surface area contributed by atoms with Crippen molar-refractivity contribution in [2.75, 3.05) is 37.7 Å². The topological polar surface area (TPSA) is 62.8 Å². The lowest BCUT2D eigenvalue weighted by atomic mass is 9.81. The number of amides is 1. The molecule has 0 saturated carbocycles. The maximum atomic E-state index is 14.4. The highest BCUT2D eigenvalue weighted by Crippen LogP contribution is 2.42. The van der Waals surface area contributed by atoms with E-state index < -0.39 is 23.9 Å². The Hall–Kier alpha value is -2.87. The fourth-order valence-corrected chi connectivity index (χ4v) is 4.81. The highest BCUT2D eigenvalue weighted by molar-refractivity contribution is 5.68. The fraction of sp³-hybridized carbons (Fsp3) is 0.458. The molecule has 3 aliphatic heterocycles. The molecule has 2 saturated heterocycles. The number of alkyl halides is 2. The molecule has 1 amide bonds. The monoisotopic (exact) mass is 443 g/mol. The van der Waals surface area contributed by atoms with Crippen molar-refractivity contribution in [3.05, 3.63) is 59.7 Å². The molecule has 0 aliphatic carbocycles. The van der Waals surface area contributed by atoms with Gasteiger partial charge in [0.15, 0.2) is 0 Å². The number of nitrogens with zero attached hydrogens (tertiary/aromatic N) is 1. The standard InChI is InChI=1S/C24H27F2N3O3/c25-24(26)18-10-27-11-19(24)13-29(12-18)21-7-6-17-8-20(15-31-22(17)9-21)28-23(30)32-14-16-4-2-1-3-5-16/h1-7,9,18-20,27H,8,10-15H2,(H,28,30)/t18?,19?,20-/m1/s1. The van der Waals surface area contributed by atoms with Gasteiger partial charge in [0.05, 0.1) is 17.9 Å². The number of alkyl carbamates (subject to hydrolysis) is 1. The van der Waals surface area contributed by atoms with Crippen LogP contribution >= 0.6 is 0 Å². The zero-order chi connectivity index (χ0) is 22.1. The molecule has 3 aliphatic rings. The number of carbonyl (C=O) groups is 1. The van der Waals surface area contributed by atoms with Gasteiger partial charge in [-0.3, -0.25) is 0 Å². The van der Waals surface area contributed by atoms with E-state index in [-0.39, 0.29) is 12.6 Å². The normalized spacial score (nSPS) is 25.9.